The van der Waals surface area contributed by atoms with Crippen molar-refractivity contribution in [2.24, 2.45) is 0 Å². The Hall–Kier alpha value is -2.11. The number of pyridine rings is 1. The number of halogens is 1. The van der Waals surface area contributed by atoms with Crippen molar-refractivity contribution in [1.82, 2.24) is 15.2 Å². The highest BCUT2D eigenvalue weighted by Gasteiger charge is 2.46. The number of nitrogens with one attached hydrogen (secondary N) is 1. The van der Waals surface area contributed by atoms with Crippen LogP contribution in [0.5, 0.6) is 0 Å². The second-order valence-electron chi connectivity index (χ2n) is 8.30. The molecule has 1 atom stereocenters. The SMILES string of the molecule is CC(CN1CCN(c2ccccn2)CC1)NC(=O)C1(c2cccc(Cl)c2)CCC1. The number of piperazine rings is 1. The molecule has 2 fully saturated rings. The number of anilines is 1. The summed E-state index contributed by atoms with van der Waals surface area (Å²) >= 11 is 6.18. The van der Waals surface area contributed by atoms with Crippen LogP contribution in [0.25, 0.3) is 0 Å². The van der Waals surface area contributed by atoms with Gasteiger partial charge in [0.15, 0.2) is 0 Å². The largest absolute Gasteiger partial charge is 0.354 e. The van der Waals surface area contributed by atoms with Crippen LogP contribution in [0.1, 0.15) is 31.7 Å². The average molecular weight is 413 g/mol. The fraction of sp³-hybridized carbons (Fsp3) is 0.478. The van der Waals surface area contributed by atoms with Crippen LogP contribution in [-0.4, -0.2) is 54.6 Å². The van der Waals surface area contributed by atoms with Crippen molar-refractivity contribution in [2.75, 3.05) is 37.6 Å². The van der Waals surface area contributed by atoms with E-state index in [1.54, 1.807) is 0 Å². The molecule has 2 aromatic rings. The molecule has 1 saturated heterocycles. The molecule has 6 heteroatoms. The summed E-state index contributed by atoms with van der Waals surface area (Å²) in [6.07, 6.45) is 4.72. The third kappa shape index (κ3) is 4.41. The van der Waals surface area contributed by atoms with Crippen LogP contribution in [0.3, 0.4) is 0 Å². The van der Waals surface area contributed by atoms with E-state index in [0.717, 1.165) is 63.4 Å². The third-order valence-electron chi connectivity index (χ3n) is 6.27. The second kappa shape index (κ2) is 8.72. The number of nitrogens with zero attached hydrogens (tertiary/aromatic N) is 3. The molecule has 2 aliphatic rings. The molecule has 2 heterocycles. The summed E-state index contributed by atoms with van der Waals surface area (Å²) in [5.41, 5.74) is 0.640. The van der Waals surface area contributed by atoms with E-state index < -0.39 is 5.41 Å². The molecule has 1 aliphatic carbocycles. The fourth-order valence-electron chi connectivity index (χ4n) is 4.46. The minimum atomic E-state index is -0.406. The van der Waals surface area contributed by atoms with Crippen LogP contribution in [0.15, 0.2) is 48.7 Å². The minimum Gasteiger partial charge on any atom is -0.354 e. The van der Waals surface area contributed by atoms with Crippen LogP contribution < -0.4 is 10.2 Å². The molecule has 1 aliphatic heterocycles. The highest BCUT2D eigenvalue weighted by atomic mass is 35.5. The monoisotopic (exact) mass is 412 g/mol. The number of hydrogen-bond donors (Lipinski definition) is 1. The Morgan fingerprint density at radius 1 is 1.17 bits per heavy atom. The lowest BCUT2D eigenvalue weighted by atomic mass is 9.63. The first-order valence-electron chi connectivity index (χ1n) is 10.5. The van der Waals surface area contributed by atoms with Crippen molar-refractivity contribution in [2.45, 2.75) is 37.6 Å². The number of aromatic nitrogens is 1. The maximum atomic E-state index is 13.2. The molecule has 29 heavy (non-hydrogen) atoms. The molecule has 1 amide bonds. The van der Waals surface area contributed by atoms with E-state index in [1.165, 1.54) is 0 Å². The van der Waals surface area contributed by atoms with Crippen LogP contribution in [0, 0.1) is 0 Å². The van der Waals surface area contributed by atoms with Gasteiger partial charge in [0.25, 0.3) is 0 Å². The van der Waals surface area contributed by atoms with E-state index in [0.29, 0.717) is 5.02 Å². The zero-order valence-electron chi connectivity index (χ0n) is 17.0. The first-order chi connectivity index (χ1) is 14.1. The number of hydrogen-bond acceptors (Lipinski definition) is 4. The summed E-state index contributed by atoms with van der Waals surface area (Å²) in [4.78, 5) is 22.4. The molecule has 1 aromatic heterocycles. The Kier molecular flexibility index (Phi) is 6.07. The van der Waals surface area contributed by atoms with Gasteiger partial charge in [0.05, 0.1) is 5.41 Å². The molecule has 0 spiro atoms. The molecule has 0 radical (unpaired) electrons. The van der Waals surface area contributed by atoms with Crippen molar-refractivity contribution in [3.63, 3.8) is 0 Å². The third-order valence-corrected chi connectivity index (χ3v) is 6.51. The molecule has 1 unspecified atom stereocenters. The number of carbonyl (C=O) groups is 1. The number of benzene rings is 1. The summed E-state index contributed by atoms with van der Waals surface area (Å²) < 4.78 is 0. The molecule has 5 nitrogen and oxygen atoms in total. The zero-order valence-corrected chi connectivity index (χ0v) is 17.7. The van der Waals surface area contributed by atoms with Gasteiger partial charge in [0.2, 0.25) is 5.91 Å². The van der Waals surface area contributed by atoms with E-state index in [2.05, 4.69) is 33.1 Å². The molecule has 1 aromatic carbocycles. The number of carbonyl (C=O) groups excluding carboxylic acids is 1. The molecule has 4 rings (SSSR count). The zero-order chi connectivity index (χ0) is 20.3. The summed E-state index contributed by atoms with van der Waals surface area (Å²) in [5.74, 6) is 1.19. The van der Waals surface area contributed by atoms with E-state index in [9.17, 15) is 4.79 Å². The highest BCUT2D eigenvalue weighted by Crippen LogP contribution is 2.44. The van der Waals surface area contributed by atoms with E-state index in [-0.39, 0.29) is 11.9 Å². The summed E-state index contributed by atoms with van der Waals surface area (Å²) in [5, 5.41) is 3.98. The van der Waals surface area contributed by atoms with Gasteiger partial charge in [-0.2, -0.15) is 0 Å². The van der Waals surface area contributed by atoms with Gasteiger partial charge in [-0.1, -0.05) is 36.2 Å². The van der Waals surface area contributed by atoms with Crippen molar-refractivity contribution < 1.29 is 4.79 Å². The Labute approximate surface area is 178 Å². The maximum absolute atomic E-state index is 13.2. The Morgan fingerprint density at radius 3 is 2.59 bits per heavy atom. The fourth-order valence-corrected chi connectivity index (χ4v) is 4.65. The lowest BCUT2D eigenvalue weighted by Gasteiger charge is -2.42. The van der Waals surface area contributed by atoms with Crippen LogP contribution in [0.2, 0.25) is 5.02 Å². The van der Waals surface area contributed by atoms with Crippen molar-refractivity contribution >= 4 is 23.3 Å². The van der Waals surface area contributed by atoms with Gasteiger partial charge in [-0.05, 0) is 49.6 Å². The Bertz CT molecular complexity index is 832. The van der Waals surface area contributed by atoms with E-state index in [1.807, 2.05) is 42.6 Å². The quantitative estimate of drug-likeness (QED) is 0.789. The van der Waals surface area contributed by atoms with E-state index >= 15 is 0 Å². The van der Waals surface area contributed by atoms with Gasteiger partial charge in [-0.15, -0.1) is 0 Å². The summed E-state index contributed by atoms with van der Waals surface area (Å²) in [7, 11) is 0. The first-order valence-corrected chi connectivity index (χ1v) is 10.9. The number of amides is 1. The highest BCUT2D eigenvalue weighted by molar-refractivity contribution is 6.30. The van der Waals surface area contributed by atoms with Gasteiger partial charge in [0, 0.05) is 50.0 Å². The summed E-state index contributed by atoms with van der Waals surface area (Å²) in [6.45, 7) is 6.86. The lowest BCUT2D eigenvalue weighted by Crippen LogP contribution is -2.55. The summed E-state index contributed by atoms with van der Waals surface area (Å²) in [6, 6.07) is 13.9. The molecule has 0 bridgehead atoms. The lowest BCUT2D eigenvalue weighted by molar-refractivity contribution is -0.130. The normalized spacial score (nSPS) is 20.0. The van der Waals surface area contributed by atoms with Crippen LogP contribution in [-0.2, 0) is 10.2 Å². The van der Waals surface area contributed by atoms with Crippen LogP contribution >= 0.6 is 11.6 Å². The van der Waals surface area contributed by atoms with Crippen molar-refractivity contribution in [3.05, 3.63) is 59.2 Å². The smallest absolute Gasteiger partial charge is 0.230 e. The standard InChI is InChI=1S/C23H29ClN4O/c1-18(17-27-12-14-28(15-13-27)21-8-2-3-11-25-21)26-22(29)23(9-5-10-23)19-6-4-7-20(24)16-19/h2-4,6-8,11,16,18H,5,9-10,12-15,17H2,1H3,(H,26,29). The first kappa shape index (κ1) is 20.2. The van der Waals surface area contributed by atoms with Gasteiger partial charge in [0.1, 0.15) is 5.82 Å². The van der Waals surface area contributed by atoms with Gasteiger partial charge in [-0.3, -0.25) is 9.69 Å². The topological polar surface area (TPSA) is 48.5 Å². The predicted octanol–water partition coefficient (Wildman–Crippen LogP) is 3.48. The van der Waals surface area contributed by atoms with Gasteiger partial charge in [-0.25, -0.2) is 4.98 Å². The Morgan fingerprint density at radius 2 is 1.97 bits per heavy atom. The predicted molar refractivity (Wildman–Crippen MR) is 117 cm³/mol. The Balaban J connectivity index is 1.31. The number of rotatable bonds is 6. The van der Waals surface area contributed by atoms with Gasteiger partial charge < -0.3 is 10.2 Å². The van der Waals surface area contributed by atoms with Crippen molar-refractivity contribution in [1.29, 1.82) is 0 Å². The molecular formula is C23H29ClN4O. The van der Waals surface area contributed by atoms with Gasteiger partial charge >= 0.3 is 0 Å². The minimum absolute atomic E-state index is 0.112. The average Bonchev–Trinajstić information content (AvgIpc) is 2.68. The molecule has 1 N–H and O–H groups in total. The van der Waals surface area contributed by atoms with Crippen LogP contribution in [0.4, 0.5) is 5.82 Å². The molecule has 154 valence electrons. The second-order valence-corrected chi connectivity index (χ2v) is 8.73. The van der Waals surface area contributed by atoms with E-state index in [4.69, 9.17) is 11.6 Å². The molecular weight excluding hydrogens is 384 g/mol. The maximum Gasteiger partial charge on any atom is 0.230 e. The van der Waals surface area contributed by atoms with Crippen molar-refractivity contribution in [3.8, 4) is 0 Å². The molecule has 1 saturated carbocycles.